The molecule has 148 valence electrons. The van der Waals surface area contributed by atoms with E-state index in [0.717, 1.165) is 48.9 Å². The second-order valence-electron chi connectivity index (χ2n) is 7.81. The highest BCUT2D eigenvalue weighted by Gasteiger charge is 2.30. The largest absolute Gasteiger partial charge is 0.341 e. The molecule has 4 rings (SSSR count). The molecule has 2 fully saturated rings. The van der Waals surface area contributed by atoms with Crippen LogP contribution >= 0.6 is 11.8 Å². The van der Waals surface area contributed by atoms with Crippen LogP contribution in [0.5, 0.6) is 0 Å². The number of carbonyl (C=O) groups is 1. The quantitative estimate of drug-likeness (QED) is 0.689. The Hall–Kier alpha value is -1.85. The molecule has 2 aromatic rings. The van der Waals surface area contributed by atoms with E-state index in [1.54, 1.807) is 12.1 Å². The van der Waals surface area contributed by atoms with E-state index < -0.39 is 0 Å². The van der Waals surface area contributed by atoms with Gasteiger partial charge in [-0.1, -0.05) is 30.3 Å². The van der Waals surface area contributed by atoms with Crippen LogP contribution in [0.1, 0.15) is 36.5 Å². The molecular formula is C23H27FN2OS. The summed E-state index contributed by atoms with van der Waals surface area (Å²) in [5.41, 5.74) is 0.996. The first kappa shape index (κ1) is 19.5. The molecule has 2 aromatic carbocycles. The topological polar surface area (TPSA) is 32.3 Å². The van der Waals surface area contributed by atoms with Crippen molar-refractivity contribution in [1.29, 1.82) is 0 Å². The lowest BCUT2D eigenvalue weighted by molar-refractivity contribution is -0.131. The number of rotatable bonds is 7. The molecule has 0 aromatic heterocycles. The summed E-state index contributed by atoms with van der Waals surface area (Å²) >= 11 is 1.50. The third-order valence-electron chi connectivity index (χ3n) is 5.59. The van der Waals surface area contributed by atoms with E-state index in [4.69, 9.17) is 0 Å². The summed E-state index contributed by atoms with van der Waals surface area (Å²) in [6.45, 7) is 2.73. The number of hydrogen-bond acceptors (Lipinski definition) is 3. The van der Waals surface area contributed by atoms with Crippen molar-refractivity contribution in [2.24, 2.45) is 5.92 Å². The monoisotopic (exact) mass is 398 g/mol. The average molecular weight is 399 g/mol. The lowest BCUT2D eigenvalue weighted by Crippen LogP contribution is -2.46. The molecule has 1 aliphatic heterocycles. The lowest BCUT2D eigenvalue weighted by Gasteiger charge is -2.34. The van der Waals surface area contributed by atoms with Gasteiger partial charge in [0, 0.05) is 24.0 Å². The minimum atomic E-state index is -0.303. The van der Waals surface area contributed by atoms with E-state index in [9.17, 15) is 9.18 Å². The zero-order chi connectivity index (χ0) is 19.3. The minimum Gasteiger partial charge on any atom is -0.341 e. The highest BCUT2D eigenvalue weighted by atomic mass is 32.2. The molecule has 1 saturated heterocycles. The van der Waals surface area contributed by atoms with Gasteiger partial charge in [-0.2, -0.15) is 0 Å². The normalized spacial score (nSPS) is 18.8. The van der Waals surface area contributed by atoms with E-state index in [1.807, 2.05) is 35.2 Å². The maximum Gasteiger partial charge on any atom is 0.240 e. The third-order valence-corrected chi connectivity index (χ3v) is 6.85. The van der Waals surface area contributed by atoms with Crippen molar-refractivity contribution in [3.8, 4) is 0 Å². The fourth-order valence-electron chi connectivity index (χ4n) is 3.66. The average Bonchev–Trinajstić information content (AvgIpc) is 3.57. The fraction of sp³-hybridized carbons (Fsp3) is 0.435. The third kappa shape index (κ3) is 5.15. The van der Waals surface area contributed by atoms with Gasteiger partial charge >= 0.3 is 0 Å². The Morgan fingerprint density at radius 3 is 2.36 bits per heavy atom. The fourth-order valence-corrected chi connectivity index (χ4v) is 4.77. The SMILES string of the molecule is O=C(C(Sc1ccc(F)cc1)c1ccccc1)N1CCC(NCC2CC2)CC1. The van der Waals surface area contributed by atoms with Gasteiger partial charge in [0.1, 0.15) is 11.1 Å². The summed E-state index contributed by atoms with van der Waals surface area (Å²) in [6.07, 6.45) is 4.76. The molecule has 28 heavy (non-hydrogen) atoms. The molecule has 1 N–H and O–H groups in total. The molecule has 1 aliphatic carbocycles. The molecule has 1 heterocycles. The van der Waals surface area contributed by atoms with Crippen molar-refractivity contribution >= 4 is 17.7 Å². The Labute approximate surface area is 170 Å². The van der Waals surface area contributed by atoms with Gasteiger partial charge in [0.25, 0.3) is 0 Å². The summed E-state index contributed by atoms with van der Waals surface area (Å²) in [4.78, 5) is 16.3. The van der Waals surface area contributed by atoms with Gasteiger partial charge in [-0.3, -0.25) is 4.79 Å². The number of amides is 1. The van der Waals surface area contributed by atoms with Crippen LogP contribution in [0.15, 0.2) is 59.5 Å². The molecule has 0 spiro atoms. The Morgan fingerprint density at radius 2 is 1.71 bits per heavy atom. The molecule has 5 heteroatoms. The van der Waals surface area contributed by atoms with Crippen LogP contribution < -0.4 is 5.32 Å². The standard InChI is InChI=1S/C23H27FN2OS/c24-19-8-10-21(11-9-19)28-22(18-4-2-1-3-5-18)23(27)26-14-12-20(13-15-26)25-16-17-6-7-17/h1-5,8-11,17,20,22,25H,6-7,12-16H2. The highest BCUT2D eigenvalue weighted by Crippen LogP contribution is 2.37. The maximum absolute atomic E-state index is 13.4. The van der Waals surface area contributed by atoms with Crippen molar-refractivity contribution in [1.82, 2.24) is 10.2 Å². The molecule has 0 bridgehead atoms. The molecule has 1 unspecified atom stereocenters. The first-order valence-corrected chi connectivity index (χ1v) is 11.1. The van der Waals surface area contributed by atoms with Crippen molar-refractivity contribution < 1.29 is 9.18 Å². The highest BCUT2D eigenvalue weighted by molar-refractivity contribution is 8.00. The van der Waals surface area contributed by atoms with Gasteiger partial charge in [-0.25, -0.2) is 4.39 Å². The Morgan fingerprint density at radius 1 is 1.04 bits per heavy atom. The Kier molecular flexibility index (Phi) is 6.33. The van der Waals surface area contributed by atoms with Gasteiger partial charge in [0.05, 0.1) is 0 Å². The number of nitrogens with zero attached hydrogens (tertiary/aromatic N) is 1. The second kappa shape index (κ2) is 9.10. The van der Waals surface area contributed by atoms with Crippen molar-refractivity contribution in [3.63, 3.8) is 0 Å². The summed E-state index contributed by atoms with van der Waals surface area (Å²) in [6, 6.07) is 16.8. The van der Waals surface area contributed by atoms with Gasteiger partial charge in [-0.15, -0.1) is 11.8 Å². The zero-order valence-electron chi connectivity index (χ0n) is 16.0. The van der Waals surface area contributed by atoms with E-state index in [0.29, 0.717) is 6.04 Å². The van der Waals surface area contributed by atoms with E-state index in [2.05, 4.69) is 5.32 Å². The molecule has 2 aliphatic rings. The number of carbonyl (C=O) groups excluding carboxylic acids is 1. The molecule has 1 amide bonds. The summed E-state index contributed by atoms with van der Waals surface area (Å²) < 4.78 is 13.3. The van der Waals surface area contributed by atoms with E-state index in [1.165, 1.54) is 36.7 Å². The van der Waals surface area contributed by atoms with Crippen LogP contribution in [0, 0.1) is 11.7 Å². The predicted octanol–water partition coefficient (Wildman–Crippen LogP) is 4.65. The zero-order valence-corrected chi connectivity index (χ0v) is 16.8. The van der Waals surface area contributed by atoms with Gasteiger partial charge in [-0.05, 0) is 68.0 Å². The first-order valence-electron chi connectivity index (χ1n) is 10.2. The van der Waals surface area contributed by atoms with Crippen LogP contribution in [-0.4, -0.2) is 36.5 Å². The molecule has 3 nitrogen and oxygen atoms in total. The molecule has 0 radical (unpaired) electrons. The van der Waals surface area contributed by atoms with Crippen LogP contribution in [0.2, 0.25) is 0 Å². The summed E-state index contributed by atoms with van der Waals surface area (Å²) in [5, 5.41) is 3.37. The number of halogens is 1. The first-order chi connectivity index (χ1) is 13.7. The number of nitrogens with one attached hydrogen (secondary N) is 1. The van der Waals surface area contributed by atoms with E-state index >= 15 is 0 Å². The summed E-state index contributed by atoms with van der Waals surface area (Å²) in [5.74, 6) is 0.781. The van der Waals surface area contributed by atoms with E-state index in [-0.39, 0.29) is 17.0 Å². The number of benzene rings is 2. The Balaban J connectivity index is 1.42. The van der Waals surface area contributed by atoms with Crippen molar-refractivity contribution in [2.45, 2.75) is 41.9 Å². The van der Waals surface area contributed by atoms with Crippen LogP contribution in [0.4, 0.5) is 4.39 Å². The molecule has 1 atom stereocenters. The number of hydrogen-bond donors (Lipinski definition) is 1. The second-order valence-corrected chi connectivity index (χ2v) is 8.99. The maximum atomic E-state index is 13.4. The van der Waals surface area contributed by atoms with Crippen molar-refractivity contribution in [2.75, 3.05) is 19.6 Å². The van der Waals surface area contributed by atoms with Gasteiger partial charge in [0.15, 0.2) is 0 Å². The van der Waals surface area contributed by atoms with Crippen LogP contribution in [0.25, 0.3) is 0 Å². The smallest absolute Gasteiger partial charge is 0.240 e. The van der Waals surface area contributed by atoms with Crippen LogP contribution in [0.3, 0.4) is 0 Å². The lowest BCUT2D eigenvalue weighted by atomic mass is 10.0. The molecule has 1 saturated carbocycles. The van der Waals surface area contributed by atoms with Crippen LogP contribution in [-0.2, 0) is 4.79 Å². The predicted molar refractivity (Wildman–Crippen MR) is 112 cm³/mol. The Bertz CT molecular complexity index is 771. The molecular weight excluding hydrogens is 371 g/mol. The number of piperidine rings is 1. The van der Waals surface area contributed by atoms with Crippen molar-refractivity contribution in [3.05, 3.63) is 66.0 Å². The van der Waals surface area contributed by atoms with Gasteiger partial charge in [0.2, 0.25) is 5.91 Å². The minimum absolute atomic E-state index is 0.154. The summed E-state index contributed by atoms with van der Waals surface area (Å²) in [7, 11) is 0. The number of thioether (sulfide) groups is 1. The number of likely N-dealkylation sites (tertiary alicyclic amines) is 1. The van der Waals surface area contributed by atoms with Gasteiger partial charge < -0.3 is 10.2 Å².